The summed E-state index contributed by atoms with van der Waals surface area (Å²) in [6, 6.07) is 0. The molecule has 3 N–H and O–H groups in total. The molecule has 0 bridgehead atoms. The summed E-state index contributed by atoms with van der Waals surface area (Å²) in [7, 11) is 1.90. The molecule has 0 radical (unpaired) electrons. The molecule has 4 heteroatoms. The normalized spacial score (nSPS) is 11.6. The van der Waals surface area contributed by atoms with Crippen molar-refractivity contribution in [1.29, 1.82) is 0 Å². The number of hydrogen-bond donors (Lipinski definition) is 2. The molecule has 0 atom stereocenters. The summed E-state index contributed by atoms with van der Waals surface area (Å²) in [5.74, 6) is 0.311. The smallest absolute Gasteiger partial charge is 0.219 e. The molecule has 0 aromatic carbocycles. The highest BCUT2D eigenvalue weighted by Gasteiger charge is 2.17. The number of hydrogen-bond acceptors (Lipinski definition) is 4. The van der Waals surface area contributed by atoms with Crippen LogP contribution >= 0.6 is 0 Å². The molecule has 66 valence electrons. The van der Waals surface area contributed by atoms with E-state index >= 15 is 0 Å². The lowest BCUT2D eigenvalue weighted by Gasteiger charge is -2.23. The maximum atomic E-state index is 5.37. The largest absolute Gasteiger partial charge is 0.368 e. The average Bonchev–Trinajstić information content (AvgIpc) is 2.05. The molecule has 0 aliphatic rings. The van der Waals surface area contributed by atoms with Crippen LogP contribution in [0.3, 0.4) is 0 Å². The highest BCUT2D eigenvalue weighted by Crippen LogP contribution is 2.16. The van der Waals surface area contributed by atoms with Crippen molar-refractivity contribution >= 4 is 5.95 Å². The Bertz CT molecular complexity index is 252. The number of nitrogen functional groups attached to an aromatic ring is 1. The summed E-state index contributed by atoms with van der Waals surface area (Å²) in [6.45, 7) is 4.11. The lowest BCUT2D eigenvalue weighted by atomic mass is 9.98. The molecule has 12 heavy (non-hydrogen) atoms. The van der Waals surface area contributed by atoms with Crippen LogP contribution in [0.15, 0.2) is 12.4 Å². The van der Waals surface area contributed by atoms with Gasteiger partial charge in [-0.2, -0.15) is 0 Å². The van der Waals surface area contributed by atoms with Crippen LogP contribution in [0.25, 0.3) is 0 Å². The fourth-order valence-corrected chi connectivity index (χ4v) is 0.805. The van der Waals surface area contributed by atoms with Gasteiger partial charge < -0.3 is 11.1 Å². The fourth-order valence-electron chi connectivity index (χ4n) is 0.805. The van der Waals surface area contributed by atoms with Crippen molar-refractivity contribution in [2.75, 3.05) is 12.8 Å². The maximum absolute atomic E-state index is 5.37. The van der Waals surface area contributed by atoms with Crippen LogP contribution in [-0.2, 0) is 5.54 Å². The maximum Gasteiger partial charge on any atom is 0.219 e. The van der Waals surface area contributed by atoms with Crippen molar-refractivity contribution in [3.8, 4) is 0 Å². The van der Waals surface area contributed by atoms with Crippen LogP contribution in [0.4, 0.5) is 5.95 Å². The number of nitrogens with zero attached hydrogens (tertiary/aromatic N) is 2. The molecular formula is C8H14N4. The van der Waals surface area contributed by atoms with E-state index in [0.717, 1.165) is 5.56 Å². The molecule has 4 nitrogen and oxygen atoms in total. The zero-order valence-electron chi connectivity index (χ0n) is 7.63. The van der Waals surface area contributed by atoms with E-state index in [0.29, 0.717) is 5.95 Å². The molecule has 0 unspecified atom stereocenters. The summed E-state index contributed by atoms with van der Waals surface area (Å²) in [5.41, 5.74) is 6.29. The van der Waals surface area contributed by atoms with E-state index in [4.69, 9.17) is 5.73 Å². The predicted octanol–water partition coefficient (Wildman–Crippen LogP) is 0.513. The first-order valence-corrected chi connectivity index (χ1v) is 3.83. The van der Waals surface area contributed by atoms with Crippen LogP contribution in [0.2, 0.25) is 0 Å². The lowest BCUT2D eigenvalue weighted by molar-refractivity contribution is 0.441. The van der Waals surface area contributed by atoms with E-state index < -0.39 is 0 Å². The van der Waals surface area contributed by atoms with Gasteiger partial charge in [-0.05, 0) is 20.9 Å². The van der Waals surface area contributed by atoms with E-state index in [1.807, 2.05) is 7.05 Å². The lowest BCUT2D eigenvalue weighted by Crippen LogP contribution is -2.33. The van der Waals surface area contributed by atoms with Crippen molar-refractivity contribution < 1.29 is 0 Å². The Kier molecular flexibility index (Phi) is 2.28. The summed E-state index contributed by atoms with van der Waals surface area (Å²) in [5, 5.41) is 3.16. The van der Waals surface area contributed by atoms with Gasteiger partial charge in [0.15, 0.2) is 0 Å². The monoisotopic (exact) mass is 166 g/mol. The third-order valence-corrected chi connectivity index (χ3v) is 2.02. The molecule has 0 aliphatic carbocycles. The van der Waals surface area contributed by atoms with Crippen molar-refractivity contribution in [2.24, 2.45) is 0 Å². The first-order chi connectivity index (χ1) is 5.56. The average molecular weight is 166 g/mol. The van der Waals surface area contributed by atoms with Crippen molar-refractivity contribution in [2.45, 2.75) is 19.4 Å². The zero-order chi connectivity index (χ0) is 9.19. The summed E-state index contributed by atoms with van der Waals surface area (Å²) in [4.78, 5) is 7.84. The van der Waals surface area contributed by atoms with Crippen molar-refractivity contribution in [1.82, 2.24) is 15.3 Å². The Balaban J connectivity index is 2.96. The number of nitrogens with two attached hydrogens (primary N) is 1. The second-order valence-corrected chi connectivity index (χ2v) is 3.20. The zero-order valence-corrected chi connectivity index (χ0v) is 7.63. The van der Waals surface area contributed by atoms with Crippen LogP contribution in [0.1, 0.15) is 19.4 Å². The highest BCUT2D eigenvalue weighted by molar-refractivity contribution is 5.21. The fraction of sp³-hybridized carbons (Fsp3) is 0.500. The van der Waals surface area contributed by atoms with Crippen LogP contribution < -0.4 is 11.1 Å². The third kappa shape index (κ3) is 1.71. The second kappa shape index (κ2) is 3.06. The van der Waals surface area contributed by atoms with Gasteiger partial charge in [0.25, 0.3) is 0 Å². The van der Waals surface area contributed by atoms with Crippen LogP contribution in [-0.4, -0.2) is 17.0 Å². The molecule has 1 heterocycles. The van der Waals surface area contributed by atoms with E-state index in [1.165, 1.54) is 0 Å². The molecule has 0 aliphatic heterocycles. The molecule has 0 saturated heterocycles. The standard InChI is InChI=1S/C8H14N4/c1-8(2,10-3)6-4-11-7(9)12-5-6/h4-5,10H,1-3H3,(H2,9,11,12). The van der Waals surface area contributed by atoms with E-state index in [1.54, 1.807) is 12.4 Å². The van der Waals surface area contributed by atoms with Gasteiger partial charge in [-0.3, -0.25) is 0 Å². The predicted molar refractivity (Wildman–Crippen MR) is 48.5 cm³/mol. The molecule has 1 rings (SSSR count). The molecular weight excluding hydrogens is 152 g/mol. The SMILES string of the molecule is CNC(C)(C)c1cnc(N)nc1. The molecule has 1 aromatic heterocycles. The van der Waals surface area contributed by atoms with Crippen LogP contribution in [0, 0.1) is 0 Å². The van der Waals surface area contributed by atoms with E-state index in [-0.39, 0.29) is 5.54 Å². The minimum atomic E-state index is -0.103. The molecule has 0 saturated carbocycles. The van der Waals surface area contributed by atoms with Crippen LogP contribution in [0.5, 0.6) is 0 Å². The number of anilines is 1. The molecule has 0 spiro atoms. The quantitative estimate of drug-likeness (QED) is 0.672. The Labute approximate surface area is 72.2 Å². The number of rotatable bonds is 2. The Morgan fingerprint density at radius 2 is 1.83 bits per heavy atom. The van der Waals surface area contributed by atoms with Gasteiger partial charge in [-0.15, -0.1) is 0 Å². The molecule has 0 fully saturated rings. The summed E-state index contributed by atoms with van der Waals surface area (Å²) in [6.07, 6.45) is 3.47. The molecule has 0 amide bonds. The van der Waals surface area contributed by atoms with Crippen molar-refractivity contribution in [3.63, 3.8) is 0 Å². The topological polar surface area (TPSA) is 63.8 Å². The minimum Gasteiger partial charge on any atom is -0.368 e. The van der Waals surface area contributed by atoms with Gasteiger partial charge in [0, 0.05) is 23.5 Å². The Morgan fingerprint density at radius 1 is 1.33 bits per heavy atom. The van der Waals surface area contributed by atoms with E-state index in [2.05, 4.69) is 29.1 Å². The second-order valence-electron chi connectivity index (χ2n) is 3.20. The van der Waals surface area contributed by atoms with Gasteiger partial charge in [-0.25, -0.2) is 9.97 Å². The van der Waals surface area contributed by atoms with Gasteiger partial charge >= 0.3 is 0 Å². The summed E-state index contributed by atoms with van der Waals surface area (Å²) < 4.78 is 0. The first-order valence-electron chi connectivity index (χ1n) is 3.83. The summed E-state index contributed by atoms with van der Waals surface area (Å²) >= 11 is 0. The number of aromatic nitrogens is 2. The first kappa shape index (κ1) is 8.93. The molecule has 1 aromatic rings. The highest BCUT2D eigenvalue weighted by atomic mass is 15.0. The number of nitrogens with one attached hydrogen (secondary N) is 1. The minimum absolute atomic E-state index is 0.103. The van der Waals surface area contributed by atoms with Crippen molar-refractivity contribution in [3.05, 3.63) is 18.0 Å². The van der Waals surface area contributed by atoms with Gasteiger partial charge in [0.1, 0.15) is 0 Å². The Hall–Kier alpha value is -1.16. The third-order valence-electron chi connectivity index (χ3n) is 2.02. The van der Waals surface area contributed by atoms with E-state index in [9.17, 15) is 0 Å². The van der Waals surface area contributed by atoms with Gasteiger partial charge in [0.2, 0.25) is 5.95 Å². The van der Waals surface area contributed by atoms with Gasteiger partial charge in [0.05, 0.1) is 0 Å². The van der Waals surface area contributed by atoms with Gasteiger partial charge in [-0.1, -0.05) is 0 Å². The Morgan fingerprint density at radius 3 is 2.25 bits per heavy atom.